The van der Waals surface area contributed by atoms with Crippen molar-refractivity contribution >= 4 is 32.4 Å². The predicted octanol–water partition coefficient (Wildman–Crippen LogP) is 1.81. The zero-order valence-electron chi connectivity index (χ0n) is 11.9. The molecule has 0 unspecified atom stereocenters. The molecule has 2 aromatic rings. The Morgan fingerprint density at radius 1 is 1.41 bits per heavy atom. The third-order valence-electron chi connectivity index (χ3n) is 2.89. The van der Waals surface area contributed by atoms with Crippen molar-refractivity contribution in [2.45, 2.75) is 0 Å². The average molecular weight is 319 g/mol. The smallest absolute Gasteiger partial charge is 0.229 e. The minimum Gasteiger partial charge on any atom is -0.495 e. The van der Waals surface area contributed by atoms with Crippen molar-refractivity contribution < 1.29 is 17.9 Å². The number of carbonyl (C=O) groups excluding carboxylic acids is 1. The van der Waals surface area contributed by atoms with Crippen LogP contribution in [0.1, 0.15) is 10.5 Å². The van der Waals surface area contributed by atoms with E-state index in [0.29, 0.717) is 16.7 Å². The number of nitriles is 1. The second-order valence-electron chi connectivity index (χ2n) is 4.62. The average Bonchev–Trinajstić information content (AvgIpc) is 2.85. The van der Waals surface area contributed by atoms with Crippen LogP contribution < -0.4 is 9.46 Å². The standard InChI is InChI=1S/C14H13N3O4S/c1-8(7-15)14(18)12-4-9-5-13(21-2)11(6-10(9)16-12)17-22(3,19)20/h4-6,16-17H,1H2,2-3H3. The van der Waals surface area contributed by atoms with Gasteiger partial charge in [-0.05, 0) is 18.2 Å². The summed E-state index contributed by atoms with van der Waals surface area (Å²) < 4.78 is 30.2. The van der Waals surface area contributed by atoms with Crippen LogP contribution in [0.2, 0.25) is 0 Å². The Balaban J connectivity index is 2.56. The third-order valence-corrected chi connectivity index (χ3v) is 3.48. The number of fused-ring (bicyclic) bond motifs is 1. The molecule has 0 aliphatic rings. The fraction of sp³-hybridized carbons (Fsp3) is 0.143. The number of nitrogens with one attached hydrogen (secondary N) is 2. The Morgan fingerprint density at radius 3 is 2.64 bits per heavy atom. The number of hydrogen-bond donors (Lipinski definition) is 2. The molecule has 0 fully saturated rings. The highest BCUT2D eigenvalue weighted by Gasteiger charge is 2.16. The summed E-state index contributed by atoms with van der Waals surface area (Å²) in [6.07, 6.45) is 1.03. The molecule has 114 valence electrons. The maximum atomic E-state index is 11.9. The first-order valence-electron chi connectivity index (χ1n) is 6.07. The number of benzene rings is 1. The molecule has 0 bridgehead atoms. The van der Waals surface area contributed by atoms with E-state index in [9.17, 15) is 13.2 Å². The SMILES string of the molecule is C=C(C#N)C(=O)c1cc2cc(OC)c(NS(C)(=O)=O)cc2[nH]1. The largest absolute Gasteiger partial charge is 0.495 e. The van der Waals surface area contributed by atoms with Gasteiger partial charge in [-0.25, -0.2) is 8.42 Å². The van der Waals surface area contributed by atoms with Gasteiger partial charge in [0.05, 0.1) is 30.3 Å². The maximum absolute atomic E-state index is 11.9. The molecule has 1 aromatic heterocycles. The molecule has 2 N–H and O–H groups in total. The summed E-state index contributed by atoms with van der Waals surface area (Å²) in [5.74, 6) is -0.203. The van der Waals surface area contributed by atoms with Crippen LogP contribution in [0.5, 0.6) is 5.75 Å². The summed E-state index contributed by atoms with van der Waals surface area (Å²) in [5, 5.41) is 9.36. The molecule has 22 heavy (non-hydrogen) atoms. The quantitative estimate of drug-likeness (QED) is 0.496. The summed E-state index contributed by atoms with van der Waals surface area (Å²) in [7, 11) is -2.07. The molecule has 0 aliphatic carbocycles. The molecule has 1 aromatic carbocycles. The van der Waals surface area contributed by atoms with Crippen molar-refractivity contribution in [3.63, 3.8) is 0 Å². The van der Waals surface area contributed by atoms with Crippen LogP contribution in [0, 0.1) is 11.3 Å². The van der Waals surface area contributed by atoms with Crippen LogP contribution in [-0.4, -0.2) is 32.6 Å². The highest BCUT2D eigenvalue weighted by molar-refractivity contribution is 7.92. The van der Waals surface area contributed by atoms with E-state index < -0.39 is 15.8 Å². The van der Waals surface area contributed by atoms with Gasteiger partial charge in [0.1, 0.15) is 11.8 Å². The van der Waals surface area contributed by atoms with Gasteiger partial charge in [0, 0.05) is 10.9 Å². The number of anilines is 1. The number of allylic oxidation sites excluding steroid dienone is 1. The number of hydrogen-bond acceptors (Lipinski definition) is 5. The first kappa shape index (κ1) is 15.6. The molecule has 0 spiro atoms. The number of ether oxygens (including phenoxy) is 1. The molecule has 0 aliphatic heterocycles. The molecule has 8 heteroatoms. The zero-order valence-corrected chi connectivity index (χ0v) is 12.7. The number of aromatic amines is 1. The van der Waals surface area contributed by atoms with Gasteiger partial charge in [0.2, 0.25) is 15.8 Å². The lowest BCUT2D eigenvalue weighted by molar-refractivity contribution is 0.103. The Bertz CT molecular complexity index is 919. The number of ketones is 1. The Labute approximate surface area is 127 Å². The van der Waals surface area contributed by atoms with Gasteiger partial charge < -0.3 is 9.72 Å². The minimum atomic E-state index is -3.47. The van der Waals surface area contributed by atoms with Gasteiger partial charge in [0.15, 0.2) is 0 Å². The van der Waals surface area contributed by atoms with Crippen LogP contribution in [0.15, 0.2) is 30.4 Å². The van der Waals surface area contributed by atoms with Crippen molar-refractivity contribution in [2.75, 3.05) is 18.1 Å². The van der Waals surface area contributed by atoms with Crippen molar-refractivity contribution in [1.82, 2.24) is 4.98 Å². The van der Waals surface area contributed by atoms with Crippen LogP contribution >= 0.6 is 0 Å². The van der Waals surface area contributed by atoms with E-state index in [2.05, 4.69) is 16.3 Å². The van der Waals surface area contributed by atoms with E-state index in [1.54, 1.807) is 18.2 Å². The fourth-order valence-electron chi connectivity index (χ4n) is 1.94. The molecule has 0 atom stereocenters. The second kappa shape index (κ2) is 5.54. The molecule has 0 amide bonds. The third kappa shape index (κ3) is 3.10. The Hall–Kier alpha value is -2.79. The van der Waals surface area contributed by atoms with Crippen molar-refractivity contribution in [3.05, 3.63) is 36.0 Å². The number of sulfonamides is 1. The van der Waals surface area contributed by atoms with E-state index >= 15 is 0 Å². The molecule has 1 heterocycles. The van der Waals surface area contributed by atoms with Gasteiger partial charge in [-0.15, -0.1) is 0 Å². The normalized spacial score (nSPS) is 11.0. The molecule has 0 saturated carbocycles. The summed E-state index contributed by atoms with van der Waals surface area (Å²) in [6, 6.07) is 6.34. The van der Waals surface area contributed by atoms with Gasteiger partial charge in [-0.1, -0.05) is 6.58 Å². The topological polar surface area (TPSA) is 112 Å². The number of carbonyl (C=O) groups is 1. The highest BCUT2D eigenvalue weighted by atomic mass is 32.2. The van der Waals surface area contributed by atoms with E-state index in [1.807, 2.05) is 0 Å². The monoisotopic (exact) mass is 319 g/mol. The fourth-order valence-corrected chi connectivity index (χ4v) is 2.50. The van der Waals surface area contributed by atoms with Gasteiger partial charge >= 0.3 is 0 Å². The molecule has 0 radical (unpaired) electrons. The molecular weight excluding hydrogens is 306 g/mol. The van der Waals surface area contributed by atoms with Crippen LogP contribution in [0.3, 0.4) is 0 Å². The maximum Gasteiger partial charge on any atom is 0.229 e. The Kier molecular flexibility index (Phi) is 3.93. The summed E-state index contributed by atoms with van der Waals surface area (Å²) in [5.41, 5.74) is 0.784. The van der Waals surface area contributed by atoms with Crippen molar-refractivity contribution in [1.29, 1.82) is 5.26 Å². The lowest BCUT2D eigenvalue weighted by Gasteiger charge is -2.09. The summed E-state index contributed by atoms with van der Waals surface area (Å²) in [6.45, 7) is 3.37. The van der Waals surface area contributed by atoms with E-state index in [0.717, 1.165) is 6.26 Å². The van der Waals surface area contributed by atoms with E-state index in [1.165, 1.54) is 13.2 Å². The summed E-state index contributed by atoms with van der Waals surface area (Å²) >= 11 is 0. The van der Waals surface area contributed by atoms with E-state index in [-0.39, 0.29) is 17.0 Å². The lowest BCUT2D eigenvalue weighted by Crippen LogP contribution is -2.10. The second-order valence-corrected chi connectivity index (χ2v) is 6.36. The first-order chi connectivity index (χ1) is 10.2. The Morgan fingerprint density at radius 2 is 2.09 bits per heavy atom. The molecule has 0 saturated heterocycles. The van der Waals surface area contributed by atoms with Gasteiger partial charge in [-0.2, -0.15) is 5.26 Å². The van der Waals surface area contributed by atoms with Crippen LogP contribution in [0.4, 0.5) is 5.69 Å². The van der Waals surface area contributed by atoms with Gasteiger partial charge in [0.25, 0.3) is 0 Å². The lowest BCUT2D eigenvalue weighted by atomic mass is 10.1. The number of aromatic nitrogens is 1. The summed E-state index contributed by atoms with van der Waals surface area (Å²) in [4.78, 5) is 14.8. The van der Waals surface area contributed by atoms with Crippen LogP contribution in [-0.2, 0) is 10.0 Å². The number of H-pyrrole nitrogens is 1. The minimum absolute atomic E-state index is 0.187. The number of methoxy groups -OCH3 is 1. The first-order valence-corrected chi connectivity index (χ1v) is 7.96. The number of rotatable bonds is 5. The molecular formula is C14H13N3O4S. The van der Waals surface area contributed by atoms with Crippen LogP contribution in [0.25, 0.3) is 10.9 Å². The number of nitrogens with zero attached hydrogens (tertiary/aromatic N) is 1. The molecule has 7 nitrogen and oxygen atoms in total. The van der Waals surface area contributed by atoms with E-state index in [4.69, 9.17) is 10.00 Å². The highest BCUT2D eigenvalue weighted by Crippen LogP contribution is 2.31. The van der Waals surface area contributed by atoms with Crippen molar-refractivity contribution in [3.8, 4) is 11.8 Å². The number of Topliss-reactive ketones (excluding diaryl/α,β-unsaturated/α-hetero) is 1. The molecule has 2 rings (SSSR count). The van der Waals surface area contributed by atoms with Gasteiger partial charge in [-0.3, -0.25) is 9.52 Å². The predicted molar refractivity (Wildman–Crippen MR) is 82.4 cm³/mol. The zero-order chi connectivity index (χ0) is 16.5. The van der Waals surface area contributed by atoms with Crippen molar-refractivity contribution in [2.24, 2.45) is 0 Å².